The Morgan fingerprint density at radius 1 is 1.44 bits per heavy atom. The smallest absolute Gasteiger partial charge is 0.244 e. The van der Waals surface area contributed by atoms with E-state index in [9.17, 15) is 4.79 Å². The summed E-state index contributed by atoms with van der Waals surface area (Å²) in [5.41, 5.74) is 0.961. The van der Waals surface area contributed by atoms with E-state index in [0.29, 0.717) is 5.03 Å². The van der Waals surface area contributed by atoms with Gasteiger partial charge in [0.25, 0.3) is 0 Å². The minimum absolute atomic E-state index is 0.190. The van der Waals surface area contributed by atoms with Gasteiger partial charge in [0.2, 0.25) is 5.91 Å². The van der Waals surface area contributed by atoms with E-state index in [1.807, 2.05) is 24.3 Å². The lowest BCUT2D eigenvalue weighted by Gasteiger charge is -1.98. The monoisotopic (exact) mass is 299 g/mol. The first-order valence-corrected chi connectivity index (χ1v) is 5.80. The molecule has 1 amide bonds. The van der Waals surface area contributed by atoms with Crippen molar-refractivity contribution in [2.75, 3.05) is 6.54 Å². The highest BCUT2D eigenvalue weighted by atomic mass is 79.9. The van der Waals surface area contributed by atoms with Crippen molar-refractivity contribution < 1.29 is 4.79 Å². The Balaban J connectivity index is 2.50. The van der Waals surface area contributed by atoms with Crippen molar-refractivity contribution in [2.24, 2.45) is 0 Å². The normalized spacial score (nSPS) is 10.4. The van der Waals surface area contributed by atoms with Gasteiger partial charge in [0, 0.05) is 15.6 Å². The Bertz CT molecular complexity index is 412. The van der Waals surface area contributed by atoms with Crippen LogP contribution < -0.4 is 5.32 Å². The van der Waals surface area contributed by atoms with Gasteiger partial charge in [-0.1, -0.05) is 46.2 Å². The highest BCUT2D eigenvalue weighted by molar-refractivity contribution is 9.10. The summed E-state index contributed by atoms with van der Waals surface area (Å²) in [7, 11) is 0. The molecule has 84 valence electrons. The van der Waals surface area contributed by atoms with E-state index in [1.165, 1.54) is 6.08 Å². The number of hydrogen-bond acceptors (Lipinski definition) is 1. The van der Waals surface area contributed by atoms with Gasteiger partial charge < -0.3 is 5.32 Å². The summed E-state index contributed by atoms with van der Waals surface area (Å²) < 4.78 is 1.01. The number of amides is 1. The van der Waals surface area contributed by atoms with Crippen molar-refractivity contribution in [1.82, 2.24) is 5.32 Å². The van der Waals surface area contributed by atoms with Crippen LogP contribution in [0.15, 0.2) is 46.4 Å². The molecule has 0 unspecified atom stereocenters. The largest absolute Gasteiger partial charge is 0.348 e. The number of carbonyl (C=O) groups is 1. The highest BCUT2D eigenvalue weighted by Gasteiger charge is 1.95. The van der Waals surface area contributed by atoms with Crippen LogP contribution in [0.2, 0.25) is 0 Å². The van der Waals surface area contributed by atoms with E-state index in [-0.39, 0.29) is 12.5 Å². The quantitative estimate of drug-likeness (QED) is 0.849. The fraction of sp³-hybridized carbons (Fsp3) is 0.0833. The third kappa shape index (κ3) is 5.14. The van der Waals surface area contributed by atoms with E-state index < -0.39 is 0 Å². The molecule has 0 aliphatic heterocycles. The van der Waals surface area contributed by atoms with Gasteiger partial charge in [-0.2, -0.15) is 0 Å². The number of hydrogen-bond donors (Lipinski definition) is 1. The molecule has 1 rings (SSSR count). The molecule has 0 saturated heterocycles. The topological polar surface area (TPSA) is 29.1 Å². The molecule has 0 aliphatic carbocycles. The highest BCUT2D eigenvalue weighted by Crippen LogP contribution is 2.11. The van der Waals surface area contributed by atoms with E-state index in [1.54, 1.807) is 6.08 Å². The summed E-state index contributed by atoms with van der Waals surface area (Å²) in [4.78, 5) is 11.3. The summed E-state index contributed by atoms with van der Waals surface area (Å²) in [5, 5.41) is 3.01. The summed E-state index contributed by atoms with van der Waals surface area (Å²) in [5.74, 6) is -0.190. The Labute approximate surface area is 108 Å². The standard InChI is InChI=1S/C12H11BrClNO/c1-9(14)8-15-12(16)7-4-10-2-5-11(13)6-3-10/h2-7H,1,8H2,(H,15,16)/b7-4+. The van der Waals surface area contributed by atoms with Gasteiger partial charge in [0.1, 0.15) is 0 Å². The molecule has 1 aromatic rings. The fourth-order valence-corrected chi connectivity index (χ4v) is 1.32. The number of benzene rings is 1. The third-order valence-corrected chi connectivity index (χ3v) is 2.41. The first-order chi connectivity index (χ1) is 7.58. The summed E-state index contributed by atoms with van der Waals surface area (Å²) in [6.07, 6.45) is 3.20. The van der Waals surface area contributed by atoms with Crippen LogP contribution >= 0.6 is 27.5 Å². The predicted octanol–water partition coefficient (Wildman–Crippen LogP) is 3.33. The average Bonchev–Trinajstić information content (AvgIpc) is 2.25. The zero-order valence-electron chi connectivity index (χ0n) is 8.54. The van der Waals surface area contributed by atoms with Gasteiger partial charge in [0.05, 0.1) is 6.54 Å². The molecule has 0 heterocycles. The second-order valence-electron chi connectivity index (χ2n) is 3.12. The van der Waals surface area contributed by atoms with Crippen molar-refractivity contribution in [3.05, 3.63) is 52.0 Å². The second kappa shape index (κ2) is 6.51. The van der Waals surface area contributed by atoms with Crippen LogP contribution in [0, 0.1) is 0 Å². The van der Waals surface area contributed by atoms with Gasteiger partial charge in [-0.05, 0) is 23.8 Å². The van der Waals surface area contributed by atoms with Crippen LogP contribution in [0.25, 0.3) is 6.08 Å². The van der Waals surface area contributed by atoms with Crippen molar-refractivity contribution in [1.29, 1.82) is 0 Å². The zero-order chi connectivity index (χ0) is 12.0. The Hall–Kier alpha value is -1.06. The lowest BCUT2D eigenvalue weighted by Crippen LogP contribution is -2.21. The second-order valence-corrected chi connectivity index (χ2v) is 4.57. The summed E-state index contributed by atoms with van der Waals surface area (Å²) in [6, 6.07) is 7.65. The van der Waals surface area contributed by atoms with Crippen LogP contribution in [0.4, 0.5) is 0 Å². The van der Waals surface area contributed by atoms with Gasteiger partial charge in [0.15, 0.2) is 0 Å². The summed E-state index contributed by atoms with van der Waals surface area (Å²) in [6.45, 7) is 3.76. The van der Waals surface area contributed by atoms with Crippen molar-refractivity contribution in [3.63, 3.8) is 0 Å². The van der Waals surface area contributed by atoms with E-state index in [2.05, 4.69) is 27.8 Å². The molecule has 4 heteroatoms. The first kappa shape index (κ1) is 13.0. The van der Waals surface area contributed by atoms with Crippen molar-refractivity contribution in [2.45, 2.75) is 0 Å². The molecule has 1 aromatic carbocycles. The van der Waals surface area contributed by atoms with Gasteiger partial charge in [-0.25, -0.2) is 0 Å². The molecule has 1 N–H and O–H groups in total. The fourth-order valence-electron chi connectivity index (χ4n) is 0.988. The minimum Gasteiger partial charge on any atom is -0.348 e. The lowest BCUT2D eigenvalue weighted by molar-refractivity contribution is -0.116. The SMILES string of the molecule is C=C(Cl)CNC(=O)/C=C/c1ccc(Br)cc1. The molecule has 2 nitrogen and oxygen atoms in total. The molecule has 0 atom stereocenters. The maximum absolute atomic E-state index is 11.3. The Morgan fingerprint density at radius 2 is 2.06 bits per heavy atom. The van der Waals surface area contributed by atoms with Gasteiger partial charge >= 0.3 is 0 Å². The first-order valence-electron chi connectivity index (χ1n) is 4.62. The van der Waals surface area contributed by atoms with Crippen LogP contribution in [0.1, 0.15) is 5.56 Å². The van der Waals surface area contributed by atoms with Crippen LogP contribution in [-0.4, -0.2) is 12.5 Å². The number of carbonyl (C=O) groups excluding carboxylic acids is 1. The zero-order valence-corrected chi connectivity index (χ0v) is 10.9. The van der Waals surface area contributed by atoms with E-state index >= 15 is 0 Å². The summed E-state index contributed by atoms with van der Waals surface area (Å²) >= 11 is 8.86. The Morgan fingerprint density at radius 3 is 2.62 bits per heavy atom. The molecule has 0 spiro atoms. The molecule has 0 bridgehead atoms. The molecule has 0 aromatic heterocycles. The number of nitrogens with one attached hydrogen (secondary N) is 1. The van der Waals surface area contributed by atoms with Crippen LogP contribution in [0.5, 0.6) is 0 Å². The molecular formula is C12H11BrClNO. The Kier molecular flexibility index (Phi) is 5.29. The number of rotatable bonds is 4. The molecule has 0 saturated carbocycles. The molecule has 0 aliphatic rings. The molecule has 0 radical (unpaired) electrons. The third-order valence-electron chi connectivity index (χ3n) is 1.75. The van der Waals surface area contributed by atoms with E-state index in [0.717, 1.165) is 10.0 Å². The molecule has 0 fully saturated rings. The van der Waals surface area contributed by atoms with Gasteiger partial charge in [-0.15, -0.1) is 0 Å². The number of halogens is 2. The molecule has 16 heavy (non-hydrogen) atoms. The van der Waals surface area contributed by atoms with Crippen LogP contribution in [-0.2, 0) is 4.79 Å². The van der Waals surface area contributed by atoms with Crippen molar-refractivity contribution >= 4 is 39.5 Å². The van der Waals surface area contributed by atoms with Crippen molar-refractivity contribution in [3.8, 4) is 0 Å². The predicted molar refractivity (Wildman–Crippen MR) is 71.2 cm³/mol. The maximum Gasteiger partial charge on any atom is 0.244 e. The molecular weight excluding hydrogens is 289 g/mol. The maximum atomic E-state index is 11.3. The van der Waals surface area contributed by atoms with E-state index in [4.69, 9.17) is 11.6 Å². The lowest BCUT2D eigenvalue weighted by atomic mass is 10.2. The van der Waals surface area contributed by atoms with Gasteiger partial charge in [-0.3, -0.25) is 4.79 Å². The average molecular weight is 301 g/mol. The van der Waals surface area contributed by atoms with Crippen LogP contribution in [0.3, 0.4) is 0 Å². The minimum atomic E-state index is -0.190.